The smallest absolute Gasteiger partial charge is 0.269 e. The van der Waals surface area contributed by atoms with Gasteiger partial charge in [0, 0.05) is 12.7 Å². The molecule has 0 aliphatic heterocycles. The summed E-state index contributed by atoms with van der Waals surface area (Å²) in [5.74, 6) is -0.581. The Bertz CT molecular complexity index is 768. The lowest BCUT2D eigenvalue weighted by atomic mass is 10.2. The lowest BCUT2D eigenvalue weighted by molar-refractivity contribution is 0.0946. The predicted molar refractivity (Wildman–Crippen MR) is 79.4 cm³/mol. The molecule has 0 spiro atoms. The molecule has 0 radical (unpaired) electrons. The fourth-order valence-corrected chi connectivity index (χ4v) is 1.96. The van der Waals surface area contributed by atoms with Crippen molar-refractivity contribution in [3.05, 3.63) is 71.8 Å². The molecular formula is C16H13FN4O. The van der Waals surface area contributed by atoms with Crippen molar-refractivity contribution < 1.29 is 9.18 Å². The lowest BCUT2D eigenvalue weighted by Crippen LogP contribution is -2.23. The van der Waals surface area contributed by atoms with Crippen molar-refractivity contribution in [2.75, 3.05) is 0 Å². The Labute approximate surface area is 126 Å². The van der Waals surface area contributed by atoms with Crippen LogP contribution >= 0.6 is 0 Å². The summed E-state index contributed by atoms with van der Waals surface area (Å²) in [5, 5.41) is 9.51. The first-order valence-corrected chi connectivity index (χ1v) is 6.72. The molecule has 1 aromatic carbocycles. The first-order chi connectivity index (χ1) is 10.7. The van der Waals surface area contributed by atoms with Crippen LogP contribution in [0.2, 0.25) is 0 Å². The Morgan fingerprint density at radius 1 is 1.14 bits per heavy atom. The molecule has 5 nitrogen and oxygen atoms in total. The van der Waals surface area contributed by atoms with E-state index in [1.165, 1.54) is 12.1 Å². The molecule has 0 bridgehead atoms. The van der Waals surface area contributed by atoms with Gasteiger partial charge in [-0.05, 0) is 35.9 Å². The summed E-state index contributed by atoms with van der Waals surface area (Å²) in [6, 6.07) is 13.1. The third-order valence-corrected chi connectivity index (χ3v) is 3.12. The zero-order chi connectivity index (χ0) is 15.4. The van der Waals surface area contributed by atoms with E-state index in [0.717, 1.165) is 5.56 Å². The van der Waals surface area contributed by atoms with Crippen LogP contribution in [0.5, 0.6) is 0 Å². The minimum absolute atomic E-state index is 0.279. The minimum atomic E-state index is -0.302. The SMILES string of the molecule is O=C(NCc1ccc(F)cc1)c1cc(-c2ccccn2)n[nH]1. The number of pyridine rings is 1. The maximum Gasteiger partial charge on any atom is 0.269 e. The Balaban J connectivity index is 1.66. The van der Waals surface area contributed by atoms with Crippen LogP contribution in [-0.2, 0) is 6.54 Å². The minimum Gasteiger partial charge on any atom is -0.347 e. The fraction of sp³-hybridized carbons (Fsp3) is 0.0625. The van der Waals surface area contributed by atoms with Gasteiger partial charge in [0.1, 0.15) is 17.2 Å². The number of aromatic nitrogens is 3. The molecule has 0 saturated carbocycles. The van der Waals surface area contributed by atoms with Crippen LogP contribution < -0.4 is 5.32 Å². The maximum atomic E-state index is 12.8. The first-order valence-electron chi connectivity index (χ1n) is 6.72. The summed E-state index contributed by atoms with van der Waals surface area (Å²) in [5.41, 5.74) is 2.46. The van der Waals surface area contributed by atoms with Crippen molar-refractivity contribution in [1.82, 2.24) is 20.5 Å². The summed E-state index contributed by atoms with van der Waals surface area (Å²) < 4.78 is 12.8. The van der Waals surface area contributed by atoms with Gasteiger partial charge in [-0.15, -0.1) is 0 Å². The summed E-state index contributed by atoms with van der Waals surface area (Å²) in [4.78, 5) is 16.2. The predicted octanol–water partition coefficient (Wildman–Crippen LogP) is 2.54. The van der Waals surface area contributed by atoms with E-state index in [1.54, 1.807) is 24.4 Å². The van der Waals surface area contributed by atoms with Gasteiger partial charge in [0.15, 0.2) is 0 Å². The van der Waals surface area contributed by atoms with Crippen LogP contribution in [0.15, 0.2) is 54.7 Å². The number of hydrogen-bond donors (Lipinski definition) is 2. The number of benzene rings is 1. The van der Waals surface area contributed by atoms with Crippen molar-refractivity contribution >= 4 is 5.91 Å². The van der Waals surface area contributed by atoms with Gasteiger partial charge in [0.25, 0.3) is 5.91 Å². The highest BCUT2D eigenvalue weighted by atomic mass is 19.1. The van der Waals surface area contributed by atoms with Crippen LogP contribution in [0.1, 0.15) is 16.1 Å². The van der Waals surface area contributed by atoms with Crippen molar-refractivity contribution in [2.24, 2.45) is 0 Å². The van der Waals surface area contributed by atoms with Gasteiger partial charge in [-0.1, -0.05) is 18.2 Å². The van der Waals surface area contributed by atoms with E-state index in [2.05, 4.69) is 20.5 Å². The van der Waals surface area contributed by atoms with Crippen molar-refractivity contribution in [1.29, 1.82) is 0 Å². The van der Waals surface area contributed by atoms with Crippen molar-refractivity contribution in [3.63, 3.8) is 0 Å². The molecule has 0 unspecified atom stereocenters. The largest absolute Gasteiger partial charge is 0.347 e. The Kier molecular flexibility index (Phi) is 3.91. The van der Waals surface area contributed by atoms with Crippen LogP contribution in [-0.4, -0.2) is 21.1 Å². The summed E-state index contributed by atoms with van der Waals surface area (Å²) in [6.07, 6.45) is 1.66. The van der Waals surface area contributed by atoms with Crippen LogP contribution in [0, 0.1) is 5.82 Å². The molecule has 2 aromatic heterocycles. The van der Waals surface area contributed by atoms with Gasteiger partial charge in [-0.3, -0.25) is 14.9 Å². The molecule has 2 heterocycles. The first kappa shape index (κ1) is 13.9. The van der Waals surface area contributed by atoms with E-state index in [-0.39, 0.29) is 11.7 Å². The molecule has 0 aliphatic carbocycles. The van der Waals surface area contributed by atoms with E-state index in [9.17, 15) is 9.18 Å². The topological polar surface area (TPSA) is 70.7 Å². The molecule has 6 heteroatoms. The molecule has 3 rings (SSSR count). The number of rotatable bonds is 4. The van der Waals surface area contributed by atoms with Gasteiger partial charge in [0.2, 0.25) is 0 Å². The average molecular weight is 296 g/mol. The van der Waals surface area contributed by atoms with Gasteiger partial charge in [-0.2, -0.15) is 5.10 Å². The molecular weight excluding hydrogens is 283 g/mol. The molecule has 0 fully saturated rings. The number of amides is 1. The fourth-order valence-electron chi connectivity index (χ4n) is 1.96. The van der Waals surface area contributed by atoms with Crippen LogP contribution in [0.3, 0.4) is 0 Å². The number of H-pyrrole nitrogens is 1. The molecule has 22 heavy (non-hydrogen) atoms. The van der Waals surface area contributed by atoms with Crippen LogP contribution in [0.25, 0.3) is 11.4 Å². The number of carbonyl (C=O) groups is 1. The molecule has 0 aliphatic rings. The third kappa shape index (κ3) is 3.17. The zero-order valence-electron chi connectivity index (χ0n) is 11.6. The summed E-state index contributed by atoms with van der Waals surface area (Å²) in [6.45, 7) is 0.317. The molecule has 0 atom stereocenters. The molecule has 0 saturated heterocycles. The maximum absolute atomic E-state index is 12.8. The number of hydrogen-bond acceptors (Lipinski definition) is 3. The van der Waals surface area contributed by atoms with Gasteiger partial charge >= 0.3 is 0 Å². The average Bonchev–Trinajstić information content (AvgIpc) is 3.05. The second-order valence-electron chi connectivity index (χ2n) is 4.69. The van der Waals surface area contributed by atoms with E-state index < -0.39 is 0 Å². The molecule has 110 valence electrons. The number of nitrogens with one attached hydrogen (secondary N) is 2. The standard InChI is InChI=1S/C16H13FN4O/c17-12-6-4-11(5-7-12)10-19-16(22)15-9-14(20-21-15)13-3-1-2-8-18-13/h1-9H,10H2,(H,19,22)(H,20,21). The summed E-state index contributed by atoms with van der Waals surface area (Å²) in [7, 11) is 0. The number of nitrogens with zero attached hydrogens (tertiary/aromatic N) is 2. The van der Waals surface area contributed by atoms with Gasteiger partial charge in [-0.25, -0.2) is 4.39 Å². The lowest BCUT2D eigenvalue weighted by Gasteiger charge is -2.03. The Hall–Kier alpha value is -3.02. The van der Waals surface area contributed by atoms with E-state index in [4.69, 9.17) is 0 Å². The molecule has 3 aromatic rings. The normalized spacial score (nSPS) is 10.4. The van der Waals surface area contributed by atoms with E-state index >= 15 is 0 Å². The number of aromatic amines is 1. The quantitative estimate of drug-likeness (QED) is 0.777. The molecule has 1 amide bonds. The highest BCUT2D eigenvalue weighted by molar-refractivity contribution is 5.93. The zero-order valence-corrected chi connectivity index (χ0v) is 11.6. The van der Waals surface area contributed by atoms with Crippen molar-refractivity contribution in [2.45, 2.75) is 6.54 Å². The highest BCUT2D eigenvalue weighted by Gasteiger charge is 2.11. The number of carbonyl (C=O) groups excluding carboxylic acids is 1. The van der Waals surface area contributed by atoms with Crippen LogP contribution in [0.4, 0.5) is 4.39 Å². The highest BCUT2D eigenvalue weighted by Crippen LogP contribution is 2.14. The van der Waals surface area contributed by atoms with E-state index in [1.807, 2.05) is 18.2 Å². The van der Waals surface area contributed by atoms with Gasteiger partial charge < -0.3 is 5.32 Å². The Morgan fingerprint density at radius 2 is 1.95 bits per heavy atom. The third-order valence-electron chi connectivity index (χ3n) is 3.12. The second-order valence-corrected chi connectivity index (χ2v) is 4.69. The molecule has 2 N–H and O–H groups in total. The Morgan fingerprint density at radius 3 is 2.68 bits per heavy atom. The monoisotopic (exact) mass is 296 g/mol. The van der Waals surface area contributed by atoms with Gasteiger partial charge in [0.05, 0.1) is 5.69 Å². The number of halogens is 1. The second kappa shape index (κ2) is 6.17. The van der Waals surface area contributed by atoms with E-state index in [0.29, 0.717) is 23.6 Å². The summed E-state index contributed by atoms with van der Waals surface area (Å²) >= 11 is 0. The van der Waals surface area contributed by atoms with Crippen molar-refractivity contribution in [3.8, 4) is 11.4 Å².